The molecule has 1 rings (SSSR count). The molecule has 0 saturated carbocycles. The van der Waals surface area contributed by atoms with Crippen LogP contribution in [0.3, 0.4) is 0 Å². The Morgan fingerprint density at radius 1 is 0.913 bits per heavy atom. The first-order chi connectivity index (χ1) is 10.5. The minimum absolute atomic E-state index is 0. The second-order valence-corrected chi connectivity index (χ2v) is 4.84. The monoisotopic (exact) mass is 398 g/mol. The normalized spacial score (nSPS) is 13.3. The molecule has 0 spiro atoms. The van der Waals surface area contributed by atoms with E-state index in [2.05, 4.69) is 31.0 Å². The van der Waals surface area contributed by atoms with Gasteiger partial charge in [0.15, 0.2) is 0 Å². The maximum absolute atomic E-state index is 5.69. The fraction of sp³-hybridized carbons (Fsp3) is 0.231. The summed E-state index contributed by atoms with van der Waals surface area (Å²) >= 11 is 9.88. The van der Waals surface area contributed by atoms with Crippen molar-refractivity contribution in [3.8, 4) is 0 Å². The number of hydrogen-bond donors (Lipinski definition) is 3. The number of nitrogens with two attached hydrogens (primary N) is 1. The van der Waals surface area contributed by atoms with E-state index in [0.29, 0.717) is 17.1 Å². The molecule has 0 heterocycles. The molecule has 0 aliphatic carbocycles. The predicted molar refractivity (Wildman–Crippen MR) is 98.2 cm³/mol. The van der Waals surface area contributed by atoms with Gasteiger partial charge in [-0.15, -0.1) is 5.10 Å². The largest absolute Gasteiger partial charge is 2.00 e. The van der Waals surface area contributed by atoms with Crippen molar-refractivity contribution in [1.29, 1.82) is 0 Å². The molecule has 127 valence electrons. The number of nitrogens with one attached hydrogen (secondary N) is 2. The van der Waals surface area contributed by atoms with Crippen LogP contribution in [0.2, 0.25) is 0 Å². The quantitative estimate of drug-likeness (QED) is 0.172. The van der Waals surface area contributed by atoms with Crippen molar-refractivity contribution < 1.29 is 17.1 Å². The molecular weight excluding hydrogens is 382 g/mol. The minimum atomic E-state index is 0. The van der Waals surface area contributed by atoms with Crippen LogP contribution < -0.4 is 16.4 Å². The van der Waals surface area contributed by atoms with Gasteiger partial charge in [0, 0.05) is 25.3 Å². The maximum atomic E-state index is 5.69. The molecule has 4 N–H and O–H groups in total. The number of rotatable bonds is 4. The van der Waals surface area contributed by atoms with E-state index in [1.165, 1.54) is 0 Å². The van der Waals surface area contributed by atoms with Crippen molar-refractivity contribution in [3.63, 3.8) is 0 Å². The summed E-state index contributed by atoms with van der Waals surface area (Å²) in [5.74, 6) is 0. The first kappa shape index (κ1) is 21.3. The molecule has 1 radical (unpaired) electrons. The van der Waals surface area contributed by atoms with Crippen LogP contribution in [0.5, 0.6) is 0 Å². The van der Waals surface area contributed by atoms with Gasteiger partial charge in [-0.1, -0.05) is 12.1 Å². The molecule has 0 amide bonds. The van der Waals surface area contributed by atoms with E-state index in [-0.39, 0.29) is 27.4 Å². The van der Waals surface area contributed by atoms with Gasteiger partial charge in [-0.2, -0.15) is 15.3 Å². The van der Waals surface area contributed by atoms with Crippen LogP contribution in [0.1, 0.15) is 12.5 Å². The minimum Gasteiger partial charge on any atom is -0.741 e. The second kappa shape index (κ2) is 10.9. The Bertz CT molecular complexity index is 624. The third kappa shape index (κ3) is 7.38. The Morgan fingerprint density at radius 3 is 1.87 bits per heavy atom. The summed E-state index contributed by atoms with van der Waals surface area (Å²) in [6.45, 7) is 1.76. The Hall–Kier alpha value is -1.74. The van der Waals surface area contributed by atoms with E-state index in [0.717, 1.165) is 5.56 Å². The summed E-state index contributed by atoms with van der Waals surface area (Å²) < 4.78 is 0. The number of nitrogens with zero attached hydrogens (tertiary/aromatic N) is 4. The Kier molecular flexibility index (Phi) is 10.1. The van der Waals surface area contributed by atoms with Crippen molar-refractivity contribution in [2.45, 2.75) is 6.92 Å². The first-order valence-electron chi connectivity index (χ1n) is 6.31. The van der Waals surface area contributed by atoms with E-state index in [1.54, 1.807) is 33.2 Å². The molecule has 7 nitrogen and oxygen atoms in total. The van der Waals surface area contributed by atoms with Gasteiger partial charge in [0.05, 0.1) is 5.71 Å². The van der Waals surface area contributed by atoms with Gasteiger partial charge in [0.2, 0.25) is 0 Å². The van der Waals surface area contributed by atoms with Gasteiger partial charge in [-0.05, 0) is 29.4 Å². The third-order valence-electron chi connectivity index (χ3n) is 2.49. The van der Waals surface area contributed by atoms with E-state index in [4.69, 9.17) is 31.0 Å². The molecule has 0 saturated heterocycles. The second-order valence-electron chi connectivity index (χ2n) is 4.07. The molecular formula is C13H17CuN7S2. The average molecular weight is 399 g/mol. The number of amidine groups is 2. The van der Waals surface area contributed by atoms with E-state index in [1.807, 2.05) is 12.1 Å². The molecule has 0 bridgehead atoms. The standard InChI is InChI=1S/C13H19N7S2.Cu/c1-8(17-19-12(21)15-2)11(18-20-13(22)16-3)9-4-6-10(14)7-5-9;/h4-7H,14H2,1-3H3,(H2,15,19,21)(H2,16,20,22);/q;+2/p-2. The van der Waals surface area contributed by atoms with Gasteiger partial charge < -0.3 is 41.6 Å². The summed E-state index contributed by atoms with van der Waals surface area (Å²) in [6.07, 6.45) is 0. The summed E-state index contributed by atoms with van der Waals surface area (Å²) in [5, 5.41) is 22.0. The first-order valence-corrected chi connectivity index (χ1v) is 7.13. The number of hydrogen-bond acceptors (Lipinski definition) is 7. The van der Waals surface area contributed by atoms with E-state index < -0.39 is 0 Å². The average Bonchev–Trinajstić information content (AvgIpc) is 2.53. The van der Waals surface area contributed by atoms with Gasteiger partial charge in [-0.3, -0.25) is 0 Å². The molecule has 0 unspecified atom stereocenters. The molecule has 1 aromatic carbocycles. The molecule has 10 heteroatoms. The van der Waals surface area contributed by atoms with Crippen molar-refractivity contribution in [3.05, 3.63) is 29.8 Å². The van der Waals surface area contributed by atoms with Crippen LogP contribution in [0, 0.1) is 0 Å². The van der Waals surface area contributed by atoms with Crippen molar-refractivity contribution in [2.75, 3.05) is 19.8 Å². The van der Waals surface area contributed by atoms with E-state index >= 15 is 0 Å². The Labute approximate surface area is 157 Å². The van der Waals surface area contributed by atoms with Crippen LogP contribution in [-0.4, -0.2) is 35.9 Å². The number of anilines is 1. The van der Waals surface area contributed by atoms with Gasteiger partial charge in [0.25, 0.3) is 0 Å². The van der Waals surface area contributed by atoms with Crippen molar-refractivity contribution in [2.24, 2.45) is 20.4 Å². The maximum Gasteiger partial charge on any atom is 2.00 e. The zero-order valence-corrected chi connectivity index (χ0v) is 15.4. The zero-order chi connectivity index (χ0) is 16.5. The SMILES string of the molecule is CNC([S-])=NN=C(C)C(=NN=C([S-])NC)c1ccc(N)cc1.[Cu+2]. The summed E-state index contributed by atoms with van der Waals surface area (Å²) in [4.78, 5) is 0. The van der Waals surface area contributed by atoms with E-state index in [9.17, 15) is 0 Å². The van der Waals surface area contributed by atoms with Gasteiger partial charge >= 0.3 is 17.1 Å². The number of nitrogen functional groups attached to an aromatic ring is 1. The van der Waals surface area contributed by atoms with Crippen LogP contribution in [0.4, 0.5) is 5.69 Å². The third-order valence-corrected chi connectivity index (χ3v) is 3.06. The van der Waals surface area contributed by atoms with Crippen LogP contribution in [0.25, 0.3) is 0 Å². The molecule has 23 heavy (non-hydrogen) atoms. The molecule has 0 aromatic heterocycles. The Morgan fingerprint density at radius 2 is 1.39 bits per heavy atom. The van der Waals surface area contributed by atoms with Crippen LogP contribution in [0.15, 0.2) is 44.7 Å². The summed E-state index contributed by atoms with van der Waals surface area (Å²) in [7, 11) is 3.35. The van der Waals surface area contributed by atoms with Gasteiger partial charge in [0.1, 0.15) is 5.71 Å². The molecule has 0 fully saturated rings. The van der Waals surface area contributed by atoms with Crippen molar-refractivity contribution >= 4 is 52.7 Å². The summed E-state index contributed by atoms with van der Waals surface area (Å²) in [6, 6.07) is 7.18. The molecule has 0 aliphatic rings. The molecule has 0 atom stereocenters. The topological polar surface area (TPSA) is 99.5 Å². The Balaban J connectivity index is 0.00000484. The van der Waals surface area contributed by atoms with Gasteiger partial charge in [-0.25, -0.2) is 0 Å². The zero-order valence-electron chi connectivity index (χ0n) is 12.8. The molecule has 1 aromatic rings. The van der Waals surface area contributed by atoms with Crippen LogP contribution >= 0.6 is 0 Å². The molecule has 0 aliphatic heterocycles. The smallest absolute Gasteiger partial charge is 0.741 e. The van der Waals surface area contributed by atoms with Crippen molar-refractivity contribution in [1.82, 2.24) is 10.6 Å². The summed E-state index contributed by atoms with van der Waals surface area (Å²) in [5.41, 5.74) is 8.22. The van der Waals surface area contributed by atoms with Crippen LogP contribution in [-0.2, 0) is 42.3 Å². The number of benzene rings is 1. The fourth-order valence-corrected chi connectivity index (χ4v) is 1.42. The predicted octanol–water partition coefficient (Wildman–Crippen LogP) is 0.591. The fourth-order valence-electron chi connectivity index (χ4n) is 1.34.